The van der Waals surface area contributed by atoms with E-state index in [-0.39, 0.29) is 11.7 Å². The second-order valence-electron chi connectivity index (χ2n) is 4.34. The number of aryl methyl sites for hydroxylation is 1. The molecule has 4 heteroatoms. The number of hydrogen-bond donors (Lipinski definition) is 1. The summed E-state index contributed by atoms with van der Waals surface area (Å²) in [7, 11) is 0. The molecule has 0 heterocycles. The molecule has 0 saturated carbocycles. The van der Waals surface area contributed by atoms with Gasteiger partial charge in [-0.1, -0.05) is 12.1 Å². The van der Waals surface area contributed by atoms with Crippen molar-refractivity contribution in [3.8, 4) is 0 Å². The third-order valence-electron chi connectivity index (χ3n) is 2.72. The van der Waals surface area contributed by atoms with Gasteiger partial charge in [0.05, 0.1) is 0 Å². The Morgan fingerprint density at radius 3 is 2.75 bits per heavy atom. The fourth-order valence-electron chi connectivity index (χ4n) is 1.72. The Labute approximate surface area is 130 Å². The summed E-state index contributed by atoms with van der Waals surface area (Å²) in [6.45, 7) is 1.94. The molecule has 0 fully saturated rings. The predicted molar refractivity (Wildman–Crippen MR) is 88.0 cm³/mol. The van der Waals surface area contributed by atoms with Gasteiger partial charge in [0.2, 0.25) is 5.91 Å². The maximum atomic E-state index is 13.0. The highest BCUT2D eigenvalue weighted by atomic mass is 127. The molecule has 0 saturated heterocycles. The molecule has 0 bridgehead atoms. The third kappa shape index (κ3) is 4.16. The lowest BCUT2D eigenvalue weighted by Gasteiger charge is -2.06. The molecular weight excluding hydrogens is 368 g/mol. The fourth-order valence-corrected chi connectivity index (χ4v) is 2.37. The van der Waals surface area contributed by atoms with Gasteiger partial charge < -0.3 is 5.32 Å². The van der Waals surface area contributed by atoms with E-state index < -0.39 is 0 Å². The molecule has 2 aromatic carbocycles. The van der Waals surface area contributed by atoms with Crippen LogP contribution in [0, 0.1) is 16.3 Å². The van der Waals surface area contributed by atoms with Crippen LogP contribution in [-0.4, -0.2) is 5.91 Å². The van der Waals surface area contributed by atoms with Gasteiger partial charge in [0.1, 0.15) is 5.82 Å². The van der Waals surface area contributed by atoms with Crippen LogP contribution in [0.15, 0.2) is 48.5 Å². The number of hydrogen-bond acceptors (Lipinski definition) is 1. The maximum Gasteiger partial charge on any atom is 0.248 e. The van der Waals surface area contributed by atoms with Crippen LogP contribution in [0.25, 0.3) is 6.08 Å². The van der Waals surface area contributed by atoms with Gasteiger partial charge >= 0.3 is 0 Å². The van der Waals surface area contributed by atoms with Crippen LogP contribution in [0.2, 0.25) is 0 Å². The van der Waals surface area contributed by atoms with Crippen molar-refractivity contribution in [2.24, 2.45) is 0 Å². The molecule has 1 amide bonds. The summed E-state index contributed by atoms with van der Waals surface area (Å²) in [5.74, 6) is -0.556. The van der Waals surface area contributed by atoms with Gasteiger partial charge in [-0.3, -0.25) is 4.79 Å². The molecule has 1 N–H and O–H groups in total. The van der Waals surface area contributed by atoms with Crippen molar-refractivity contribution in [3.63, 3.8) is 0 Å². The van der Waals surface area contributed by atoms with E-state index in [1.54, 1.807) is 18.2 Å². The van der Waals surface area contributed by atoms with E-state index in [1.165, 1.54) is 18.2 Å². The largest absolute Gasteiger partial charge is 0.322 e. The summed E-state index contributed by atoms with van der Waals surface area (Å²) in [5, 5.41) is 2.80. The highest BCUT2D eigenvalue weighted by molar-refractivity contribution is 14.1. The molecule has 2 rings (SSSR count). The molecule has 20 heavy (non-hydrogen) atoms. The summed E-state index contributed by atoms with van der Waals surface area (Å²) >= 11 is 2.22. The quantitative estimate of drug-likeness (QED) is 0.620. The van der Waals surface area contributed by atoms with Crippen molar-refractivity contribution < 1.29 is 9.18 Å². The van der Waals surface area contributed by atoms with E-state index >= 15 is 0 Å². The van der Waals surface area contributed by atoms with Crippen molar-refractivity contribution >= 4 is 40.3 Å². The number of carbonyl (C=O) groups excluding carboxylic acids is 1. The molecule has 0 aliphatic heterocycles. The number of anilines is 1. The average molecular weight is 381 g/mol. The molecule has 0 radical (unpaired) electrons. The lowest BCUT2D eigenvalue weighted by Crippen LogP contribution is -2.08. The van der Waals surface area contributed by atoms with Gasteiger partial charge in [-0.25, -0.2) is 4.39 Å². The summed E-state index contributed by atoms with van der Waals surface area (Å²) in [4.78, 5) is 11.8. The molecule has 102 valence electrons. The zero-order valence-electron chi connectivity index (χ0n) is 10.9. The standard InChI is InChI=1S/C16H13FINO/c1-11-9-14(18)6-7-15(11)19-16(20)8-5-12-3-2-4-13(17)10-12/h2-10H,1H3,(H,19,20)/b8-5+. The first-order chi connectivity index (χ1) is 9.54. The third-order valence-corrected chi connectivity index (χ3v) is 3.39. The van der Waals surface area contributed by atoms with Gasteiger partial charge in [0.25, 0.3) is 0 Å². The molecule has 0 unspecified atom stereocenters. The van der Waals surface area contributed by atoms with Crippen LogP contribution >= 0.6 is 22.6 Å². The van der Waals surface area contributed by atoms with E-state index in [0.717, 1.165) is 14.8 Å². The first-order valence-corrected chi connectivity index (χ1v) is 7.13. The Hall–Kier alpha value is -1.69. The lowest BCUT2D eigenvalue weighted by atomic mass is 10.2. The molecule has 0 spiro atoms. The average Bonchev–Trinajstić information content (AvgIpc) is 2.40. The smallest absolute Gasteiger partial charge is 0.248 e. The van der Waals surface area contributed by atoms with E-state index in [1.807, 2.05) is 25.1 Å². The van der Waals surface area contributed by atoms with E-state index in [0.29, 0.717) is 5.56 Å². The van der Waals surface area contributed by atoms with Crippen molar-refractivity contribution in [1.82, 2.24) is 0 Å². The summed E-state index contributed by atoms with van der Waals surface area (Å²) in [5.41, 5.74) is 2.43. The Kier molecular flexibility index (Phi) is 4.89. The van der Waals surface area contributed by atoms with Gasteiger partial charge in [-0.15, -0.1) is 0 Å². The minimum Gasteiger partial charge on any atom is -0.322 e. The molecule has 0 aromatic heterocycles. The van der Waals surface area contributed by atoms with E-state index in [2.05, 4.69) is 27.9 Å². The zero-order chi connectivity index (χ0) is 14.5. The van der Waals surface area contributed by atoms with Crippen LogP contribution in [0.4, 0.5) is 10.1 Å². The molecular formula is C16H13FINO. The minimum atomic E-state index is -0.318. The number of amides is 1. The van der Waals surface area contributed by atoms with Crippen LogP contribution in [0.3, 0.4) is 0 Å². The van der Waals surface area contributed by atoms with E-state index in [4.69, 9.17) is 0 Å². The highest BCUT2D eigenvalue weighted by Crippen LogP contribution is 2.17. The van der Waals surface area contributed by atoms with Crippen LogP contribution in [-0.2, 0) is 4.79 Å². The minimum absolute atomic E-state index is 0.237. The molecule has 2 aromatic rings. The SMILES string of the molecule is Cc1cc(I)ccc1NC(=O)/C=C/c1cccc(F)c1. The molecule has 0 aliphatic rings. The normalized spacial score (nSPS) is 10.8. The highest BCUT2D eigenvalue weighted by Gasteiger charge is 2.02. The zero-order valence-corrected chi connectivity index (χ0v) is 13.0. The predicted octanol–water partition coefficient (Wildman–Crippen LogP) is 4.39. The Morgan fingerprint density at radius 1 is 1.25 bits per heavy atom. The monoisotopic (exact) mass is 381 g/mol. The summed E-state index contributed by atoms with van der Waals surface area (Å²) < 4.78 is 14.1. The number of nitrogens with one attached hydrogen (secondary N) is 1. The Bertz CT molecular complexity index is 667. The molecule has 0 aliphatic carbocycles. The van der Waals surface area contributed by atoms with Crippen molar-refractivity contribution in [2.75, 3.05) is 5.32 Å². The molecule has 0 atom stereocenters. The van der Waals surface area contributed by atoms with Crippen molar-refractivity contribution in [3.05, 3.63) is 69.1 Å². The first-order valence-electron chi connectivity index (χ1n) is 6.05. The van der Waals surface area contributed by atoms with Gasteiger partial charge in [0.15, 0.2) is 0 Å². The molecule has 2 nitrogen and oxygen atoms in total. The number of halogens is 2. The van der Waals surface area contributed by atoms with Gasteiger partial charge in [-0.2, -0.15) is 0 Å². The fraction of sp³-hybridized carbons (Fsp3) is 0.0625. The van der Waals surface area contributed by atoms with Crippen molar-refractivity contribution in [2.45, 2.75) is 6.92 Å². The number of rotatable bonds is 3. The number of carbonyl (C=O) groups is 1. The first kappa shape index (κ1) is 14.7. The second kappa shape index (κ2) is 6.65. The van der Waals surface area contributed by atoms with Gasteiger partial charge in [0, 0.05) is 15.3 Å². The lowest BCUT2D eigenvalue weighted by molar-refractivity contribution is -0.111. The maximum absolute atomic E-state index is 13.0. The topological polar surface area (TPSA) is 29.1 Å². The second-order valence-corrected chi connectivity index (χ2v) is 5.58. The van der Waals surface area contributed by atoms with Crippen molar-refractivity contribution in [1.29, 1.82) is 0 Å². The van der Waals surface area contributed by atoms with E-state index in [9.17, 15) is 9.18 Å². The Balaban J connectivity index is 2.05. The van der Waals surface area contributed by atoms with Crippen LogP contribution in [0.1, 0.15) is 11.1 Å². The van der Waals surface area contributed by atoms with Gasteiger partial charge in [-0.05, 0) is 77.0 Å². The van der Waals surface area contributed by atoms with Crippen LogP contribution in [0.5, 0.6) is 0 Å². The summed E-state index contributed by atoms with van der Waals surface area (Å²) in [6.07, 6.45) is 2.98. The van der Waals surface area contributed by atoms with Crippen LogP contribution < -0.4 is 5.32 Å². The Morgan fingerprint density at radius 2 is 2.05 bits per heavy atom. The summed E-state index contributed by atoms with van der Waals surface area (Å²) in [6, 6.07) is 11.9. The number of benzene rings is 2.